The quantitative estimate of drug-likeness (QED) is 0.0376. The first kappa shape index (κ1) is 42.9. The smallest absolute Gasteiger partial charge is 0.326 e. The van der Waals surface area contributed by atoms with Crippen LogP contribution in [0.3, 0.4) is 0 Å². The standard InChI is InChI=1S/C38H70N2O5/c1-3-5-7-9-11-13-14-15-16-18-20-26-32-37(42)45-34(28-23-19-17-12-10-8-6-4-2)29-24-21-22-25-31-36(41)40-35(38(43)44)30-27-33-39/h12,17,23,28,34-35H,3-11,13-16,18-22,24-27,29-33,39H2,1-2H3,(H,40,41)(H,43,44)/b17-12-,28-23-. The third kappa shape index (κ3) is 30.3. The predicted octanol–water partition coefficient (Wildman–Crippen LogP) is 9.72. The fourth-order valence-electron chi connectivity index (χ4n) is 5.40. The van der Waals surface area contributed by atoms with Crippen LogP contribution >= 0.6 is 0 Å². The van der Waals surface area contributed by atoms with Gasteiger partial charge in [0.25, 0.3) is 0 Å². The van der Waals surface area contributed by atoms with Gasteiger partial charge in [-0.1, -0.05) is 128 Å². The zero-order valence-electron chi connectivity index (χ0n) is 29.2. The van der Waals surface area contributed by atoms with Crippen molar-refractivity contribution in [2.24, 2.45) is 5.73 Å². The molecule has 262 valence electrons. The summed E-state index contributed by atoms with van der Waals surface area (Å²) in [7, 11) is 0. The first-order chi connectivity index (χ1) is 21.9. The number of carbonyl (C=O) groups excluding carboxylic acids is 2. The van der Waals surface area contributed by atoms with Crippen molar-refractivity contribution in [3.8, 4) is 0 Å². The Kier molecular flexibility index (Phi) is 31.6. The van der Waals surface area contributed by atoms with Crippen molar-refractivity contribution in [1.29, 1.82) is 0 Å². The molecular formula is C38H70N2O5. The monoisotopic (exact) mass is 635 g/mol. The lowest BCUT2D eigenvalue weighted by Gasteiger charge is -2.15. The summed E-state index contributed by atoms with van der Waals surface area (Å²) in [4.78, 5) is 36.1. The summed E-state index contributed by atoms with van der Waals surface area (Å²) >= 11 is 0. The van der Waals surface area contributed by atoms with Crippen molar-refractivity contribution in [2.75, 3.05) is 6.54 Å². The van der Waals surface area contributed by atoms with Crippen LogP contribution in [0.1, 0.15) is 181 Å². The molecule has 0 aromatic carbocycles. The summed E-state index contributed by atoms with van der Waals surface area (Å²) in [5, 5.41) is 11.9. The van der Waals surface area contributed by atoms with Crippen LogP contribution in [0.2, 0.25) is 0 Å². The lowest BCUT2D eigenvalue weighted by atomic mass is 10.0. The molecule has 0 saturated carbocycles. The number of esters is 1. The van der Waals surface area contributed by atoms with Crippen LogP contribution < -0.4 is 11.1 Å². The highest BCUT2D eigenvalue weighted by Gasteiger charge is 2.19. The maximum absolute atomic E-state index is 12.6. The Hall–Kier alpha value is -2.15. The number of ether oxygens (including phenoxy) is 1. The Morgan fingerprint density at radius 1 is 0.667 bits per heavy atom. The average molecular weight is 635 g/mol. The third-order valence-corrected chi connectivity index (χ3v) is 8.25. The van der Waals surface area contributed by atoms with Gasteiger partial charge in [0.2, 0.25) is 5.91 Å². The number of allylic oxidation sites excluding steroid dienone is 3. The van der Waals surface area contributed by atoms with Gasteiger partial charge in [0.1, 0.15) is 12.1 Å². The van der Waals surface area contributed by atoms with Crippen molar-refractivity contribution >= 4 is 17.8 Å². The van der Waals surface area contributed by atoms with Crippen molar-refractivity contribution in [2.45, 2.75) is 193 Å². The Bertz CT molecular complexity index is 767. The molecule has 0 saturated heterocycles. The van der Waals surface area contributed by atoms with E-state index in [1.54, 1.807) is 0 Å². The Morgan fingerprint density at radius 2 is 1.22 bits per heavy atom. The summed E-state index contributed by atoms with van der Waals surface area (Å²) in [6.07, 6.45) is 35.2. The lowest BCUT2D eigenvalue weighted by molar-refractivity contribution is -0.147. The molecule has 0 spiro atoms. The van der Waals surface area contributed by atoms with E-state index in [0.29, 0.717) is 38.6 Å². The second-order valence-electron chi connectivity index (χ2n) is 12.6. The highest BCUT2D eigenvalue weighted by atomic mass is 16.5. The number of nitrogens with two attached hydrogens (primary N) is 1. The number of carbonyl (C=O) groups is 3. The van der Waals surface area contributed by atoms with Crippen LogP contribution in [0.25, 0.3) is 0 Å². The topological polar surface area (TPSA) is 119 Å². The molecule has 0 fully saturated rings. The number of aliphatic carboxylic acids is 1. The number of carboxylic acids is 1. The number of hydrogen-bond acceptors (Lipinski definition) is 5. The molecule has 0 heterocycles. The van der Waals surface area contributed by atoms with E-state index in [2.05, 4.69) is 37.4 Å². The highest BCUT2D eigenvalue weighted by molar-refractivity contribution is 5.83. The molecule has 2 atom stereocenters. The summed E-state index contributed by atoms with van der Waals surface area (Å²) in [6, 6.07) is -0.871. The SMILES string of the molecule is CCCCC/C=C\C/C=C\C(CCCCCCC(=O)NC(CCCN)C(=O)O)OC(=O)CCCCCCCCCCCCCC. The zero-order valence-corrected chi connectivity index (χ0v) is 29.2. The van der Waals surface area contributed by atoms with Gasteiger partial charge in [-0.05, 0) is 70.4 Å². The molecule has 0 aliphatic rings. The van der Waals surface area contributed by atoms with Crippen LogP contribution in [0.5, 0.6) is 0 Å². The van der Waals surface area contributed by atoms with Crippen LogP contribution in [0.15, 0.2) is 24.3 Å². The molecule has 4 N–H and O–H groups in total. The number of hydrogen-bond donors (Lipinski definition) is 3. The first-order valence-corrected chi connectivity index (χ1v) is 18.7. The average Bonchev–Trinajstić information content (AvgIpc) is 3.02. The summed E-state index contributed by atoms with van der Waals surface area (Å²) < 4.78 is 5.87. The van der Waals surface area contributed by atoms with E-state index in [4.69, 9.17) is 10.5 Å². The van der Waals surface area contributed by atoms with Gasteiger partial charge in [-0.25, -0.2) is 4.79 Å². The summed E-state index contributed by atoms with van der Waals surface area (Å²) in [5.41, 5.74) is 5.46. The van der Waals surface area contributed by atoms with E-state index in [0.717, 1.165) is 51.4 Å². The highest BCUT2D eigenvalue weighted by Crippen LogP contribution is 2.15. The minimum atomic E-state index is -1.02. The Morgan fingerprint density at radius 3 is 1.82 bits per heavy atom. The largest absolute Gasteiger partial charge is 0.480 e. The van der Waals surface area contributed by atoms with E-state index in [9.17, 15) is 19.5 Å². The third-order valence-electron chi connectivity index (χ3n) is 8.25. The van der Waals surface area contributed by atoms with Gasteiger partial charge in [-0.2, -0.15) is 0 Å². The zero-order chi connectivity index (χ0) is 33.2. The van der Waals surface area contributed by atoms with Crippen LogP contribution in [-0.4, -0.2) is 41.6 Å². The second kappa shape index (κ2) is 33.2. The van der Waals surface area contributed by atoms with Crippen molar-refractivity contribution in [3.05, 3.63) is 24.3 Å². The van der Waals surface area contributed by atoms with Crippen molar-refractivity contribution in [1.82, 2.24) is 5.32 Å². The van der Waals surface area contributed by atoms with E-state index in [1.807, 2.05) is 6.08 Å². The molecule has 2 unspecified atom stereocenters. The molecule has 7 nitrogen and oxygen atoms in total. The minimum Gasteiger partial charge on any atom is -0.480 e. The van der Waals surface area contributed by atoms with Crippen molar-refractivity contribution in [3.63, 3.8) is 0 Å². The fourth-order valence-corrected chi connectivity index (χ4v) is 5.40. The van der Waals surface area contributed by atoms with Gasteiger partial charge >= 0.3 is 11.9 Å². The molecule has 0 aliphatic carbocycles. The second-order valence-corrected chi connectivity index (χ2v) is 12.6. The maximum Gasteiger partial charge on any atom is 0.326 e. The molecule has 0 rings (SSSR count). The number of unbranched alkanes of at least 4 members (excludes halogenated alkanes) is 17. The van der Waals surface area contributed by atoms with Crippen LogP contribution in [0, 0.1) is 0 Å². The molecular weight excluding hydrogens is 564 g/mol. The van der Waals surface area contributed by atoms with Gasteiger partial charge in [0.05, 0.1) is 0 Å². The van der Waals surface area contributed by atoms with Crippen LogP contribution in [-0.2, 0) is 19.1 Å². The molecule has 0 aliphatic heterocycles. The number of nitrogens with one attached hydrogen (secondary N) is 1. The first-order valence-electron chi connectivity index (χ1n) is 18.7. The molecule has 7 heteroatoms. The summed E-state index contributed by atoms with van der Waals surface area (Å²) in [5.74, 6) is -1.35. The number of carboxylic acid groups (broad SMARTS) is 1. The molecule has 0 bridgehead atoms. The molecule has 1 amide bonds. The molecule has 0 aromatic rings. The maximum atomic E-state index is 12.6. The number of amides is 1. The van der Waals surface area contributed by atoms with E-state index in [1.165, 1.54) is 83.5 Å². The number of rotatable bonds is 33. The van der Waals surface area contributed by atoms with Gasteiger partial charge < -0.3 is 20.9 Å². The predicted molar refractivity (Wildman–Crippen MR) is 188 cm³/mol. The minimum absolute atomic E-state index is 0.105. The van der Waals surface area contributed by atoms with E-state index < -0.39 is 12.0 Å². The van der Waals surface area contributed by atoms with E-state index >= 15 is 0 Å². The van der Waals surface area contributed by atoms with Gasteiger partial charge in [-0.15, -0.1) is 0 Å². The fraction of sp³-hybridized carbons (Fsp3) is 0.816. The molecule has 0 radical (unpaired) electrons. The normalized spacial score (nSPS) is 13.0. The Labute approximate surface area is 276 Å². The summed E-state index contributed by atoms with van der Waals surface area (Å²) in [6.45, 7) is 4.88. The van der Waals surface area contributed by atoms with Crippen molar-refractivity contribution < 1.29 is 24.2 Å². The van der Waals surface area contributed by atoms with E-state index in [-0.39, 0.29) is 18.0 Å². The molecule has 45 heavy (non-hydrogen) atoms. The lowest BCUT2D eigenvalue weighted by Crippen LogP contribution is -2.40. The van der Waals surface area contributed by atoms with Crippen LogP contribution in [0.4, 0.5) is 0 Å². The van der Waals surface area contributed by atoms with Gasteiger partial charge in [-0.3, -0.25) is 9.59 Å². The van der Waals surface area contributed by atoms with Gasteiger partial charge in [0.15, 0.2) is 0 Å². The Balaban J connectivity index is 4.37. The molecule has 0 aromatic heterocycles. The van der Waals surface area contributed by atoms with Gasteiger partial charge in [0, 0.05) is 12.8 Å².